The fraction of sp³-hybridized carbons (Fsp3) is 0.133. The molecule has 0 bridgehead atoms. The van der Waals surface area contributed by atoms with Crippen LogP contribution >= 0.6 is 11.6 Å². The quantitative estimate of drug-likeness (QED) is 0.732. The van der Waals surface area contributed by atoms with Crippen LogP contribution in [-0.4, -0.2) is 17.4 Å². The Kier molecular flexibility index (Phi) is 3.58. The van der Waals surface area contributed by atoms with E-state index < -0.39 is 10.0 Å². The van der Waals surface area contributed by atoms with Gasteiger partial charge < -0.3 is 4.42 Å². The molecule has 114 valence electrons. The maximum absolute atomic E-state index is 12.8. The van der Waals surface area contributed by atoms with Crippen LogP contribution in [0.4, 0.5) is 0 Å². The van der Waals surface area contributed by atoms with E-state index in [-0.39, 0.29) is 10.8 Å². The van der Waals surface area contributed by atoms with Crippen LogP contribution in [0.25, 0.3) is 11.6 Å². The van der Waals surface area contributed by atoms with Crippen LogP contribution in [0.3, 0.4) is 0 Å². The summed E-state index contributed by atoms with van der Waals surface area (Å²) < 4.78 is 32.1. The van der Waals surface area contributed by atoms with Crippen molar-refractivity contribution in [2.75, 3.05) is 0 Å². The number of halogens is 1. The van der Waals surface area contributed by atoms with Gasteiger partial charge in [0.15, 0.2) is 0 Å². The summed E-state index contributed by atoms with van der Waals surface area (Å²) >= 11 is 5.99. The van der Waals surface area contributed by atoms with Crippen molar-refractivity contribution in [2.24, 2.45) is 0 Å². The first kappa shape index (κ1) is 14.9. The second kappa shape index (κ2) is 5.30. The van der Waals surface area contributed by atoms with E-state index in [4.69, 9.17) is 16.0 Å². The number of nitrogens with zero attached hydrogens (tertiary/aromatic N) is 2. The summed E-state index contributed by atoms with van der Waals surface area (Å²) in [6.45, 7) is 3.63. The lowest BCUT2D eigenvalue weighted by molar-refractivity contribution is 0.538. The Labute approximate surface area is 133 Å². The summed E-state index contributed by atoms with van der Waals surface area (Å²) in [5.41, 5.74) is 1.27. The van der Waals surface area contributed by atoms with Gasteiger partial charge in [-0.05, 0) is 32.0 Å². The molecule has 1 aromatic carbocycles. The van der Waals surface area contributed by atoms with Crippen LogP contribution in [0.1, 0.15) is 11.3 Å². The van der Waals surface area contributed by atoms with Crippen LogP contribution in [0.2, 0.25) is 5.02 Å². The predicted molar refractivity (Wildman–Crippen MR) is 83.4 cm³/mol. The molecule has 0 radical (unpaired) electrons. The van der Waals surface area contributed by atoms with Crippen LogP contribution in [0, 0.1) is 13.8 Å². The number of oxazole rings is 1. The first-order chi connectivity index (χ1) is 10.4. The van der Waals surface area contributed by atoms with Crippen molar-refractivity contribution in [1.82, 2.24) is 8.96 Å². The van der Waals surface area contributed by atoms with Crippen molar-refractivity contribution >= 4 is 21.6 Å². The molecule has 3 aromatic rings. The highest BCUT2D eigenvalue weighted by molar-refractivity contribution is 7.90. The second-order valence-corrected chi connectivity index (χ2v) is 7.18. The van der Waals surface area contributed by atoms with Crippen molar-refractivity contribution in [3.05, 3.63) is 59.1 Å². The first-order valence-electron chi connectivity index (χ1n) is 6.51. The Morgan fingerprint density at radius 2 is 1.86 bits per heavy atom. The maximum atomic E-state index is 12.8. The number of aromatic nitrogens is 2. The highest BCUT2D eigenvalue weighted by atomic mass is 35.5. The maximum Gasteiger partial charge on any atom is 0.268 e. The van der Waals surface area contributed by atoms with E-state index in [1.807, 2.05) is 6.92 Å². The lowest BCUT2D eigenvalue weighted by Crippen LogP contribution is -2.13. The normalized spacial score (nSPS) is 11.8. The zero-order valence-electron chi connectivity index (χ0n) is 11.9. The third-order valence-electron chi connectivity index (χ3n) is 3.17. The van der Waals surface area contributed by atoms with Gasteiger partial charge in [0.05, 0.1) is 16.1 Å². The molecule has 0 N–H and O–H groups in total. The molecule has 0 spiro atoms. The summed E-state index contributed by atoms with van der Waals surface area (Å²) in [6, 6.07) is 8.12. The SMILES string of the molecule is Cc1ccc(S(=O)(=O)n2cc(Cl)cc2-c2ncc(C)o2)cc1. The molecule has 2 aromatic heterocycles. The minimum atomic E-state index is -3.77. The minimum absolute atomic E-state index is 0.176. The molecule has 0 unspecified atom stereocenters. The fourth-order valence-corrected chi connectivity index (χ4v) is 3.67. The number of hydrogen-bond donors (Lipinski definition) is 0. The summed E-state index contributed by atoms with van der Waals surface area (Å²) in [7, 11) is -3.77. The molecule has 0 aliphatic carbocycles. The average Bonchev–Trinajstić information content (AvgIpc) is 3.05. The van der Waals surface area contributed by atoms with Gasteiger partial charge in [-0.25, -0.2) is 17.4 Å². The van der Waals surface area contributed by atoms with Gasteiger partial charge in [-0.2, -0.15) is 0 Å². The monoisotopic (exact) mass is 336 g/mol. The van der Waals surface area contributed by atoms with E-state index in [0.29, 0.717) is 16.5 Å². The van der Waals surface area contributed by atoms with Crippen LogP contribution < -0.4 is 0 Å². The molecule has 0 aliphatic rings. The minimum Gasteiger partial charge on any atom is -0.440 e. The van der Waals surface area contributed by atoms with Crippen molar-refractivity contribution in [1.29, 1.82) is 0 Å². The molecule has 5 nitrogen and oxygen atoms in total. The average molecular weight is 337 g/mol. The second-order valence-electron chi connectivity index (χ2n) is 4.93. The summed E-state index contributed by atoms with van der Waals surface area (Å²) in [4.78, 5) is 4.25. The molecule has 0 saturated carbocycles. The van der Waals surface area contributed by atoms with Crippen LogP contribution in [-0.2, 0) is 10.0 Å². The van der Waals surface area contributed by atoms with Gasteiger partial charge in [0.1, 0.15) is 11.5 Å². The van der Waals surface area contributed by atoms with E-state index >= 15 is 0 Å². The third kappa shape index (κ3) is 2.55. The molecule has 0 fully saturated rings. The molecule has 3 rings (SSSR count). The summed E-state index contributed by atoms with van der Waals surface area (Å²) in [5, 5.41) is 0.293. The van der Waals surface area contributed by atoms with Crippen molar-refractivity contribution < 1.29 is 12.8 Å². The molecular formula is C15H13ClN2O3S. The van der Waals surface area contributed by atoms with Crippen LogP contribution in [0.15, 0.2) is 52.0 Å². The number of benzene rings is 1. The van der Waals surface area contributed by atoms with Gasteiger partial charge >= 0.3 is 0 Å². The zero-order chi connectivity index (χ0) is 15.9. The van der Waals surface area contributed by atoms with E-state index in [2.05, 4.69) is 4.98 Å². The first-order valence-corrected chi connectivity index (χ1v) is 8.32. The van der Waals surface area contributed by atoms with Gasteiger partial charge in [0.25, 0.3) is 10.0 Å². The smallest absolute Gasteiger partial charge is 0.268 e. The largest absolute Gasteiger partial charge is 0.440 e. The lowest BCUT2D eigenvalue weighted by atomic mass is 10.2. The standard InChI is InChI=1S/C15H13ClN2O3S/c1-10-3-5-13(6-4-10)22(19,20)18-9-12(16)7-14(18)15-17-8-11(2)21-15/h3-9H,1-2H3. The van der Waals surface area contributed by atoms with Gasteiger partial charge in [0, 0.05) is 6.20 Å². The molecule has 0 amide bonds. The molecule has 2 heterocycles. The number of hydrogen-bond acceptors (Lipinski definition) is 4. The molecule has 22 heavy (non-hydrogen) atoms. The molecule has 0 aliphatic heterocycles. The Morgan fingerprint density at radius 3 is 2.45 bits per heavy atom. The highest BCUT2D eigenvalue weighted by Gasteiger charge is 2.23. The third-order valence-corrected chi connectivity index (χ3v) is 5.07. The Bertz CT molecular complexity index is 924. The van der Waals surface area contributed by atoms with E-state index in [1.165, 1.54) is 18.5 Å². The molecule has 0 atom stereocenters. The molecule has 0 saturated heterocycles. The topological polar surface area (TPSA) is 65.1 Å². The van der Waals surface area contributed by atoms with E-state index in [1.54, 1.807) is 31.2 Å². The summed E-state index contributed by atoms with van der Waals surface area (Å²) in [5.74, 6) is 0.798. The predicted octanol–water partition coefficient (Wildman–Crippen LogP) is 3.65. The summed E-state index contributed by atoms with van der Waals surface area (Å²) in [6.07, 6.45) is 2.87. The fourth-order valence-electron chi connectivity index (χ4n) is 2.06. The van der Waals surface area contributed by atoms with Crippen molar-refractivity contribution in [3.63, 3.8) is 0 Å². The van der Waals surface area contributed by atoms with Gasteiger partial charge in [-0.3, -0.25) is 0 Å². The molecular weight excluding hydrogens is 324 g/mol. The zero-order valence-corrected chi connectivity index (χ0v) is 13.5. The van der Waals surface area contributed by atoms with Crippen molar-refractivity contribution in [2.45, 2.75) is 18.7 Å². The highest BCUT2D eigenvalue weighted by Crippen LogP contribution is 2.28. The van der Waals surface area contributed by atoms with Gasteiger partial charge in [-0.15, -0.1) is 0 Å². The van der Waals surface area contributed by atoms with E-state index in [9.17, 15) is 8.42 Å². The van der Waals surface area contributed by atoms with Crippen molar-refractivity contribution in [3.8, 4) is 11.6 Å². The Balaban J connectivity index is 2.17. The Hall–Kier alpha value is -2.05. The van der Waals surface area contributed by atoms with E-state index in [0.717, 1.165) is 9.54 Å². The number of rotatable bonds is 3. The van der Waals surface area contributed by atoms with Gasteiger partial charge in [-0.1, -0.05) is 29.3 Å². The van der Waals surface area contributed by atoms with Gasteiger partial charge in [0.2, 0.25) is 5.89 Å². The number of aryl methyl sites for hydroxylation is 2. The lowest BCUT2D eigenvalue weighted by Gasteiger charge is -2.08. The molecule has 7 heteroatoms. The Morgan fingerprint density at radius 1 is 1.18 bits per heavy atom. The van der Waals surface area contributed by atoms with Crippen LogP contribution in [0.5, 0.6) is 0 Å².